The van der Waals surface area contributed by atoms with E-state index in [1.165, 1.54) is 0 Å². The van der Waals surface area contributed by atoms with Crippen LogP contribution < -0.4 is 4.90 Å². The van der Waals surface area contributed by atoms with E-state index in [-0.39, 0.29) is 6.10 Å². The largest absolute Gasteiger partial charge is 0.375 e. The molecule has 0 aliphatic carbocycles. The SMILES string of the molecule is CO[C@@H](C)c1nc(CN(C)c2cccc(-n3cc(C)cn3)n2)cs1. The van der Waals surface area contributed by atoms with Crippen molar-refractivity contribution in [2.45, 2.75) is 26.5 Å². The number of thiazole rings is 1. The molecule has 24 heavy (non-hydrogen) atoms. The number of hydrogen-bond acceptors (Lipinski definition) is 6. The molecule has 0 radical (unpaired) electrons. The average molecular weight is 343 g/mol. The summed E-state index contributed by atoms with van der Waals surface area (Å²) in [7, 11) is 3.71. The van der Waals surface area contributed by atoms with Crippen LogP contribution >= 0.6 is 11.3 Å². The van der Waals surface area contributed by atoms with Crippen molar-refractivity contribution in [2.75, 3.05) is 19.1 Å². The third kappa shape index (κ3) is 3.63. The minimum atomic E-state index is 0.0264. The Bertz CT molecular complexity index is 813. The molecule has 0 saturated carbocycles. The second-order valence-electron chi connectivity index (χ2n) is 5.73. The number of hydrogen-bond donors (Lipinski definition) is 0. The molecule has 0 bridgehead atoms. The molecule has 6 nitrogen and oxygen atoms in total. The van der Waals surface area contributed by atoms with Gasteiger partial charge in [-0.25, -0.2) is 14.6 Å². The lowest BCUT2D eigenvalue weighted by Crippen LogP contribution is -2.18. The van der Waals surface area contributed by atoms with Gasteiger partial charge in [0.15, 0.2) is 5.82 Å². The molecule has 0 aromatic carbocycles. The van der Waals surface area contributed by atoms with Crippen molar-refractivity contribution in [3.8, 4) is 5.82 Å². The Hall–Kier alpha value is -2.25. The fraction of sp³-hybridized carbons (Fsp3) is 0.353. The first kappa shape index (κ1) is 16.6. The minimum Gasteiger partial charge on any atom is -0.375 e. The molecule has 3 aromatic heterocycles. The molecule has 0 unspecified atom stereocenters. The molecule has 0 amide bonds. The average Bonchev–Trinajstić information content (AvgIpc) is 3.23. The van der Waals surface area contributed by atoms with Gasteiger partial charge in [-0.15, -0.1) is 11.3 Å². The highest BCUT2D eigenvalue weighted by atomic mass is 32.1. The van der Waals surface area contributed by atoms with Crippen molar-refractivity contribution >= 4 is 17.2 Å². The van der Waals surface area contributed by atoms with Gasteiger partial charge in [-0.1, -0.05) is 6.07 Å². The lowest BCUT2D eigenvalue weighted by Gasteiger charge is -2.17. The summed E-state index contributed by atoms with van der Waals surface area (Å²) in [6, 6.07) is 5.93. The lowest BCUT2D eigenvalue weighted by atomic mass is 10.3. The number of anilines is 1. The third-order valence-corrected chi connectivity index (χ3v) is 4.78. The molecule has 0 saturated heterocycles. The zero-order valence-electron chi connectivity index (χ0n) is 14.3. The van der Waals surface area contributed by atoms with Crippen LogP contribution in [-0.2, 0) is 11.3 Å². The predicted molar refractivity (Wildman–Crippen MR) is 95.7 cm³/mol. The second-order valence-corrected chi connectivity index (χ2v) is 6.62. The van der Waals surface area contributed by atoms with Gasteiger partial charge in [0.25, 0.3) is 0 Å². The van der Waals surface area contributed by atoms with Crippen LogP contribution in [0.2, 0.25) is 0 Å². The fourth-order valence-electron chi connectivity index (χ4n) is 2.30. The zero-order chi connectivity index (χ0) is 17.1. The van der Waals surface area contributed by atoms with Gasteiger partial charge >= 0.3 is 0 Å². The van der Waals surface area contributed by atoms with Crippen LogP contribution in [0.5, 0.6) is 0 Å². The number of ether oxygens (including phenoxy) is 1. The van der Waals surface area contributed by atoms with Gasteiger partial charge < -0.3 is 9.64 Å². The smallest absolute Gasteiger partial charge is 0.155 e. The van der Waals surface area contributed by atoms with E-state index in [4.69, 9.17) is 4.74 Å². The standard InChI is InChI=1S/C17H21N5OS/c1-12-8-18-22(9-12)16-7-5-6-15(20-16)21(3)10-14-11-24-17(19-14)13(2)23-4/h5-9,11,13H,10H2,1-4H3/t13-/m0/s1. The Morgan fingerprint density at radius 3 is 2.88 bits per heavy atom. The molecule has 0 spiro atoms. The molecule has 0 N–H and O–H groups in total. The van der Waals surface area contributed by atoms with E-state index < -0.39 is 0 Å². The summed E-state index contributed by atoms with van der Waals surface area (Å²) in [5.41, 5.74) is 2.13. The van der Waals surface area contributed by atoms with Crippen molar-refractivity contribution in [3.63, 3.8) is 0 Å². The maximum atomic E-state index is 5.32. The summed E-state index contributed by atoms with van der Waals surface area (Å²) in [4.78, 5) is 11.4. The van der Waals surface area contributed by atoms with Gasteiger partial charge in [0.1, 0.15) is 16.9 Å². The summed E-state index contributed by atoms with van der Waals surface area (Å²) in [5, 5.41) is 7.38. The molecule has 3 aromatic rings. The number of aryl methyl sites for hydroxylation is 1. The van der Waals surface area contributed by atoms with Crippen LogP contribution in [0.3, 0.4) is 0 Å². The molecular weight excluding hydrogens is 322 g/mol. The van der Waals surface area contributed by atoms with Gasteiger partial charge in [-0.2, -0.15) is 5.10 Å². The second kappa shape index (κ2) is 7.11. The van der Waals surface area contributed by atoms with E-state index in [9.17, 15) is 0 Å². The summed E-state index contributed by atoms with van der Waals surface area (Å²) < 4.78 is 7.10. The third-order valence-electron chi connectivity index (χ3n) is 3.73. The first-order valence-electron chi connectivity index (χ1n) is 7.73. The van der Waals surface area contributed by atoms with Crippen molar-refractivity contribution in [3.05, 3.63) is 52.2 Å². The lowest BCUT2D eigenvalue weighted by molar-refractivity contribution is 0.119. The molecule has 7 heteroatoms. The number of rotatable bonds is 6. The molecule has 0 aliphatic heterocycles. The Morgan fingerprint density at radius 1 is 1.33 bits per heavy atom. The van der Waals surface area contributed by atoms with E-state index in [2.05, 4.69) is 25.3 Å². The maximum absolute atomic E-state index is 5.32. The van der Waals surface area contributed by atoms with E-state index in [0.29, 0.717) is 6.54 Å². The molecule has 0 fully saturated rings. The molecule has 126 valence electrons. The molecule has 3 heterocycles. The van der Waals surface area contributed by atoms with Gasteiger partial charge in [0.05, 0.1) is 18.4 Å². The van der Waals surface area contributed by atoms with Crippen LogP contribution in [0.1, 0.15) is 29.3 Å². The van der Waals surface area contributed by atoms with Gasteiger partial charge in [-0.3, -0.25) is 0 Å². The number of aromatic nitrogens is 4. The van der Waals surface area contributed by atoms with E-state index in [1.54, 1.807) is 23.1 Å². The first-order valence-corrected chi connectivity index (χ1v) is 8.61. The minimum absolute atomic E-state index is 0.0264. The Kier molecular flexibility index (Phi) is 4.92. The van der Waals surface area contributed by atoms with E-state index >= 15 is 0 Å². The normalized spacial score (nSPS) is 12.3. The Morgan fingerprint density at radius 2 is 2.17 bits per heavy atom. The molecule has 1 atom stereocenters. The highest BCUT2D eigenvalue weighted by molar-refractivity contribution is 7.09. The van der Waals surface area contributed by atoms with E-state index in [0.717, 1.165) is 27.9 Å². The topological polar surface area (TPSA) is 56.1 Å². The Balaban J connectivity index is 1.75. The quantitative estimate of drug-likeness (QED) is 0.687. The van der Waals surface area contributed by atoms with Crippen LogP contribution in [0.15, 0.2) is 36.0 Å². The van der Waals surface area contributed by atoms with Crippen LogP contribution in [0.25, 0.3) is 5.82 Å². The van der Waals surface area contributed by atoms with Gasteiger partial charge in [-0.05, 0) is 31.5 Å². The molecule has 0 aliphatic rings. The van der Waals surface area contributed by atoms with Gasteiger partial charge in [0, 0.05) is 25.7 Å². The van der Waals surface area contributed by atoms with E-state index in [1.807, 2.05) is 51.5 Å². The van der Waals surface area contributed by atoms with Crippen LogP contribution in [-0.4, -0.2) is 33.9 Å². The highest BCUT2D eigenvalue weighted by Gasteiger charge is 2.12. The van der Waals surface area contributed by atoms with Gasteiger partial charge in [0.2, 0.25) is 0 Å². The van der Waals surface area contributed by atoms with Crippen molar-refractivity contribution in [2.24, 2.45) is 0 Å². The number of nitrogens with zero attached hydrogens (tertiary/aromatic N) is 5. The van der Waals surface area contributed by atoms with Crippen LogP contribution in [0.4, 0.5) is 5.82 Å². The van der Waals surface area contributed by atoms with Crippen molar-refractivity contribution in [1.82, 2.24) is 19.7 Å². The molecular formula is C17H21N5OS. The number of pyridine rings is 1. The Labute approximate surface area is 145 Å². The monoisotopic (exact) mass is 343 g/mol. The number of methoxy groups -OCH3 is 1. The summed E-state index contributed by atoms with van der Waals surface area (Å²) in [5.74, 6) is 1.69. The highest BCUT2D eigenvalue weighted by Crippen LogP contribution is 2.22. The summed E-state index contributed by atoms with van der Waals surface area (Å²) in [6.07, 6.45) is 3.81. The molecule has 3 rings (SSSR count). The maximum Gasteiger partial charge on any atom is 0.155 e. The van der Waals surface area contributed by atoms with Crippen molar-refractivity contribution < 1.29 is 4.74 Å². The van der Waals surface area contributed by atoms with Crippen LogP contribution in [0, 0.1) is 6.92 Å². The van der Waals surface area contributed by atoms with Crippen molar-refractivity contribution in [1.29, 1.82) is 0 Å². The fourth-order valence-corrected chi connectivity index (χ4v) is 3.14. The zero-order valence-corrected chi connectivity index (χ0v) is 15.1. The first-order chi connectivity index (χ1) is 11.6. The summed E-state index contributed by atoms with van der Waals surface area (Å²) in [6.45, 7) is 4.71. The predicted octanol–water partition coefficient (Wildman–Crippen LogP) is 3.38. The summed E-state index contributed by atoms with van der Waals surface area (Å²) >= 11 is 1.62.